The lowest BCUT2D eigenvalue weighted by Gasteiger charge is -2.34. The van der Waals surface area contributed by atoms with Gasteiger partial charge in [-0.2, -0.15) is 0 Å². The highest BCUT2D eigenvalue weighted by Crippen LogP contribution is 2.04. The molecule has 0 aliphatic carbocycles. The first-order valence-electron chi connectivity index (χ1n) is 7.18. The minimum atomic E-state index is -0.122. The van der Waals surface area contributed by atoms with Gasteiger partial charge in [0.25, 0.3) is 0 Å². The molecule has 2 rings (SSSR count). The van der Waals surface area contributed by atoms with E-state index in [-0.39, 0.29) is 5.97 Å². The van der Waals surface area contributed by atoms with Crippen LogP contribution < -0.4 is 0 Å². The van der Waals surface area contributed by atoms with Crippen LogP contribution in [0.1, 0.15) is 12.2 Å². The van der Waals surface area contributed by atoms with Crippen LogP contribution in [0.15, 0.2) is 12.4 Å². The minimum absolute atomic E-state index is 0.122. The molecule has 0 unspecified atom stereocenters. The average molecular weight is 280 g/mol. The van der Waals surface area contributed by atoms with Gasteiger partial charge < -0.3 is 14.2 Å². The molecule has 2 heterocycles. The largest absolute Gasteiger partial charge is 0.469 e. The average Bonchev–Trinajstić information content (AvgIpc) is 2.89. The Kier molecular flexibility index (Phi) is 5.55. The molecule has 0 radical (unpaired) electrons. The van der Waals surface area contributed by atoms with Gasteiger partial charge in [0.1, 0.15) is 5.82 Å². The molecule has 1 saturated heterocycles. The molecule has 0 N–H and O–H groups in total. The lowest BCUT2D eigenvalue weighted by Crippen LogP contribution is -2.47. The highest BCUT2D eigenvalue weighted by Gasteiger charge is 2.17. The molecule has 0 aromatic carbocycles. The van der Waals surface area contributed by atoms with Crippen LogP contribution in [0.5, 0.6) is 0 Å². The third-order valence-corrected chi connectivity index (χ3v) is 3.91. The first-order valence-corrected chi connectivity index (χ1v) is 7.18. The summed E-state index contributed by atoms with van der Waals surface area (Å²) in [5.41, 5.74) is 0. The van der Waals surface area contributed by atoms with Gasteiger partial charge in [0.2, 0.25) is 0 Å². The summed E-state index contributed by atoms with van der Waals surface area (Å²) < 4.78 is 6.85. The number of carbonyl (C=O) groups excluding carboxylic acids is 1. The van der Waals surface area contributed by atoms with E-state index in [2.05, 4.69) is 24.1 Å². The lowest BCUT2D eigenvalue weighted by molar-refractivity contribution is -0.141. The van der Waals surface area contributed by atoms with Gasteiger partial charge in [-0.25, -0.2) is 4.98 Å². The number of aromatic nitrogens is 2. The normalized spacial score (nSPS) is 17.3. The van der Waals surface area contributed by atoms with E-state index in [0.717, 1.165) is 51.6 Å². The number of methoxy groups -OCH3 is 1. The summed E-state index contributed by atoms with van der Waals surface area (Å²) in [7, 11) is 1.44. The Morgan fingerprint density at radius 2 is 1.85 bits per heavy atom. The van der Waals surface area contributed by atoms with Gasteiger partial charge >= 0.3 is 5.97 Å². The number of imidazole rings is 1. The molecule has 1 aromatic rings. The van der Waals surface area contributed by atoms with Crippen molar-refractivity contribution in [1.29, 1.82) is 0 Å². The van der Waals surface area contributed by atoms with Crippen LogP contribution in [-0.4, -0.2) is 71.7 Å². The zero-order valence-corrected chi connectivity index (χ0v) is 12.4. The second kappa shape index (κ2) is 7.40. The van der Waals surface area contributed by atoms with Gasteiger partial charge in [-0.05, 0) is 6.92 Å². The predicted octanol–water partition coefficient (Wildman–Crippen LogP) is 0.372. The maximum Gasteiger partial charge on any atom is 0.306 e. The zero-order valence-electron chi connectivity index (χ0n) is 12.4. The summed E-state index contributed by atoms with van der Waals surface area (Å²) in [6.07, 6.45) is 4.37. The van der Waals surface area contributed by atoms with Crippen molar-refractivity contribution in [2.24, 2.45) is 0 Å². The molecule has 1 aliphatic rings. The number of nitrogens with zero attached hydrogens (tertiary/aromatic N) is 4. The number of rotatable bonds is 6. The standard InChI is InChI=1S/C14H24N4O2/c1-13-15-4-6-18(13)12-11-17-9-7-16(8-10-17)5-3-14(19)20-2/h4,6H,3,5,7-12H2,1-2H3. The number of hydrogen-bond donors (Lipinski definition) is 0. The number of aryl methyl sites for hydroxylation is 1. The maximum absolute atomic E-state index is 11.1. The predicted molar refractivity (Wildman–Crippen MR) is 76.5 cm³/mol. The molecule has 1 fully saturated rings. The van der Waals surface area contributed by atoms with E-state index >= 15 is 0 Å². The van der Waals surface area contributed by atoms with Crippen LogP contribution in [0.2, 0.25) is 0 Å². The van der Waals surface area contributed by atoms with Crippen molar-refractivity contribution in [2.75, 3.05) is 46.4 Å². The van der Waals surface area contributed by atoms with Gasteiger partial charge in [-0.1, -0.05) is 0 Å². The molecule has 0 bridgehead atoms. The molecule has 0 amide bonds. The molecule has 0 saturated carbocycles. The molecule has 1 aromatic heterocycles. The first kappa shape index (κ1) is 15.0. The van der Waals surface area contributed by atoms with Crippen molar-refractivity contribution in [2.45, 2.75) is 19.9 Å². The molecule has 0 spiro atoms. The molecule has 6 nitrogen and oxygen atoms in total. The van der Waals surface area contributed by atoms with Crippen molar-refractivity contribution in [3.05, 3.63) is 18.2 Å². The molecule has 0 atom stereocenters. The Morgan fingerprint density at radius 1 is 1.20 bits per heavy atom. The van der Waals surface area contributed by atoms with Crippen LogP contribution in [-0.2, 0) is 16.1 Å². The van der Waals surface area contributed by atoms with Crippen molar-refractivity contribution < 1.29 is 9.53 Å². The summed E-state index contributed by atoms with van der Waals surface area (Å²) in [4.78, 5) is 20.1. The van der Waals surface area contributed by atoms with Gasteiger partial charge in [-0.15, -0.1) is 0 Å². The van der Waals surface area contributed by atoms with E-state index in [9.17, 15) is 4.79 Å². The summed E-state index contributed by atoms with van der Waals surface area (Å²) in [5, 5.41) is 0. The third-order valence-electron chi connectivity index (χ3n) is 3.91. The number of ether oxygens (including phenoxy) is 1. The summed E-state index contributed by atoms with van der Waals surface area (Å²) >= 11 is 0. The molecule has 1 aliphatic heterocycles. The fraction of sp³-hybridized carbons (Fsp3) is 0.714. The quantitative estimate of drug-likeness (QED) is 0.705. The van der Waals surface area contributed by atoms with Gasteiger partial charge in [0.15, 0.2) is 0 Å². The molecular formula is C14H24N4O2. The number of carbonyl (C=O) groups is 1. The third kappa shape index (κ3) is 4.31. The first-order chi connectivity index (χ1) is 9.69. The Labute approximate surface area is 120 Å². The van der Waals surface area contributed by atoms with Gasteiger partial charge in [0.05, 0.1) is 13.5 Å². The Bertz CT molecular complexity index is 425. The highest BCUT2D eigenvalue weighted by atomic mass is 16.5. The Hall–Kier alpha value is -1.40. The highest BCUT2D eigenvalue weighted by molar-refractivity contribution is 5.69. The SMILES string of the molecule is COC(=O)CCN1CCN(CCn2ccnc2C)CC1. The second-order valence-electron chi connectivity index (χ2n) is 5.18. The maximum atomic E-state index is 11.1. The van der Waals surface area contributed by atoms with E-state index in [1.807, 2.05) is 19.3 Å². The van der Waals surface area contributed by atoms with Crippen molar-refractivity contribution in [3.8, 4) is 0 Å². The molecular weight excluding hydrogens is 256 g/mol. The van der Waals surface area contributed by atoms with E-state index in [1.165, 1.54) is 7.11 Å². The van der Waals surface area contributed by atoms with Gasteiger partial charge in [0, 0.05) is 58.2 Å². The molecule has 20 heavy (non-hydrogen) atoms. The molecule has 6 heteroatoms. The van der Waals surface area contributed by atoms with E-state index in [4.69, 9.17) is 0 Å². The fourth-order valence-electron chi connectivity index (χ4n) is 2.48. The van der Waals surface area contributed by atoms with E-state index in [1.54, 1.807) is 0 Å². The molecule has 112 valence electrons. The summed E-state index contributed by atoms with van der Waals surface area (Å²) in [5.74, 6) is 0.949. The van der Waals surface area contributed by atoms with E-state index < -0.39 is 0 Å². The van der Waals surface area contributed by atoms with Crippen LogP contribution in [0.3, 0.4) is 0 Å². The number of piperazine rings is 1. The van der Waals surface area contributed by atoms with Crippen LogP contribution in [0, 0.1) is 6.92 Å². The topological polar surface area (TPSA) is 50.6 Å². The Balaban J connectivity index is 1.64. The monoisotopic (exact) mass is 280 g/mol. The van der Waals surface area contributed by atoms with E-state index in [0.29, 0.717) is 6.42 Å². The number of hydrogen-bond acceptors (Lipinski definition) is 5. The van der Waals surface area contributed by atoms with Crippen LogP contribution >= 0.6 is 0 Å². The number of esters is 1. The lowest BCUT2D eigenvalue weighted by atomic mass is 10.3. The second-order valence-corrected chi connectivity index (χ2v) is 5.18. The van der Waals surface area contributed by atoms with Crippen molar-refractivity contribution in [3.63, 3.8) is 0 Å². The Morgan fingerprint density at radius 3 is 2.40 bits per heavy atom. The summed E-state index contributed by atoms with van der Waals surface area (Å²) in [6.45, 7) is 9.07. The minimum Gasteiger partial charge on any atom is -0.469 e. The van der Waals surface area contributed by atoms with Crippen LogP contribution in [0.4, 0.5) is 0 Å². The smallest absolute Gasteiger partial charge is 0.306 e. The van der Waals surface area contributed by atoms with Crippen LogP contribution in [0.25, 0.3) is 0 Å². The van der Waals surface area contributed by atoms with Crippen molar-refractivity contribution in [1.82, 2.24) is 19.4 Å². The van der Waals surface area contributed by atoms with Gasteiger partial charge in [-0.3, -0.25) is 9.69 Å². The summed E-state index contributed by atoms with van der Waals surface area (Å²) in [6, 6.07) is 0. The van der Waals surface area contributed by atoms with Crippen molar-refractivity contribution >= 4 is 5.97 Å². The zero-order chi connectivity index (χ0) is 14.4. The fourth-order valence-corrected chi connectivity index (χ4v) is 2.48.